The third kappa shape index (κ3) is 6.99. The molecular weight excluding hydrogens is 325 g/mol. The van der Waals surface area contributed by atoms with Crippen LogP contribution in [0.3, 0.4) is 0 Å². The summed E-state index contributed by atoms with van der Waals surface area (Å²) in [4.78, 5) is 0. The maximum atomic E-state index is 3.27. The van der Waals surface area contributed by atoms with Crippen molar-refractivity contribution in [3.63, 3.8) is 0 Å². The van der Waals surface area contributed by atoms with Crippen molar-refractivity contribution in [2.24, 2.45) is 0 Å². The standard InChI is InChI=1S/C11H17N.C5H5.2ClH.Ti/c1-4-9-7-6-8-10(5-2)11(9)12-3;1-2-4-5-3-1;;;/h6-8,12H,4-5H2,1-3H3;1-3H,4H2;2*1H;/q;;;;+2/p-2. The number of aryl methyl sites for hydroxylation is 2. The molecule has 0 radical (unpaired) electrons. The number of hydrogen-bond acceptors (Lipinski definition) is 1. The van der Waals surface area contributed by atoms with Crippen molar-refractivity contribution in [2.45, 2.75) is 33.1 Å². The van der Waals surface area contributed by atoms with Gasteiger partial charge in [-0.25, -0.2) is 0 Å². The first-order valence-corrected chi connectivity index (χ1v) is 7.36. The van der Waals surface area contributed by atoms with Crippen molar-refractivity contribution >= 4 is 5.69 Å². The van der Waals surface area contributed by atoms with Gasteiger partial charge in [0.05, 0.1) is 0 Å². The van der Waals surface area contributed by atoms with Gasteiger partial charge in [0, 0.05) is 12.7 Å². The molecule has 0 fully saturated rings. The molecule has 1 N–H and O–H groups in total. The van der Waals surface area contributed by atoms with Crippen molar-refractivity contribution < 1.29 is 45.2 Å². The van der Waals surface area contributed by atoms with Gasteiger partial charge in [-0.2, -0.15) is 0 Å². The minimum atomic E-state index is 0. The summed E-state index contributed by atoms with van der Waals surface area (Å²) in [6.45, 7) is 4.38. The van der Waals surface area contributed by atoms with Gasteiger partial charge in [-0.1, -0.05) is 32.0 Å². The third-order valence-electron chi connectivity index (χ3n) is 3.02. The molecule has 0 aliphatic heterocycles. The Hall–Kier alpha value is -0.206. The van der Waals surface area contributed by atoms with Gasteiger partial charge in [-0.15, -0.1) is 0 Å². The Bertz CT molecular complexity index is 420. The van der Waals surface area contributed by atoms with Crippen LogP contribution in [0.25, 0.3) is 0 Å². The van der Waals surface area contributed by atoms with Crippen molar-refractivity contribution in [1.29, 1.82) is 0 Å². The summed E-state index contributed by atoms with van der Waals surface area (Å²) in [7, 11) is 1.99. The molecule has 0 saturated heterocycles. The van der Waals surface area contributed by atoms with Crippen LogP contribution in [0.15, 0.2) is 40.3 Å². The summed E-state index contributed by atoms with van der Waals surface area (Å²) in [5.41, 5.74) is 4.15. The number of rotatable bonds is 3. The Morgan fingerprint density at radius 3 is 1.90 bits per heavy atom. The van der Waals surface area contributed by atoms with Crippen molar-refractivity contribution in [2.75, 3.05) is 12.4 Å². The molecular formula is C16H22Cl2NTi. The molecule has 4 heteroatoms. The summed E-state index contributed by atoms with van der Waals surface area (Å²) in [5, 5.41) is 3.27. The molecule has 2 rings (SSSR count). The van der Waals surface area contributed by atoms with Crippen LogP contribution in [-0.2, 0) is 33.3 Å². The van der Waals surface area contributed by atoms with Gasteiger partial charge in [-0.3, -0.25) is 0 Å². The molecule has 0 saturated carbocycles. The number of benzene rings is 1. The summed E-state index contributed by atoms with van der Waals surface area (Å²) in [6, 6.07) is 6.51. The Morgan fingerprint density at radius 2 is 1.65 bits per heavy atom. The first-order valence-electron chi connectivity index (χ1n) is 6.58. The van der Waals surface area contributed by atoms with Gasteiger partial charge in [0.2, 0.25) is 0 Å². The zero-order valence-electron chi connectivity index (χ0n) is 12.3. The zero-order valence-corrected chi connectivity index (χ0v) is 15.4. The molecule has 0 bridgehead atoms. The van der Waals surface area contributed by atoms with Crippen molar-refractivity contribution in [1.82, 2.24) is 0 Å². The molecule has 0 amide bonds. The summed E-state index contributed by atoms with van der Waals surface area (Å²) in [6.07, 6.45) is 9.76. The van der Waals surface area contributed by atoms with Gasteiger partial charge in [-0.05, 0) is 24.0 Å². The number of para-hydroxylation sites is 1. The zero-order chi connectivity index (χ0) is 13.4. The Labute approximate surface area is 147 Å². The number of hydrogen-bond donors (Lipinski definition) is 1. The van der Waals surface area contributed by atoms with E-state index in [1.54, 1.807) is 0 Å². The molecule has 0 heterocycles. The van der Waals surface area contributed by atoms with Gasteiger partial charge >= 0.3 is 49.0 Å². The van der Waals surface area contributed by atoms with Crippen molar-refractivity contribution in [3.05, 3.63) is 51.4 Å². The Morgan fingerprint density at radius 1 is 1.10 bits per heavy atom. The van der Waals surface area contributed by atoms with Crippen LogP contribution in [0.4, 0.5) is 5.69 Å². The molecule has 0 unspecified atom stereocenters. The first-order chi connectivity index (χ1) is 8.72. The molecule has 0 atom stereocenters. The molecule has 1 aliphatic carbocycles. The van der Waals surface area contributed by atoms with E-state index in [1.165, 1.54) is 27.1 Å². The molecule has 1 aromatic carbocycles. The van der Waals surface area contributed by atoms with Gasteiger partial charge < -0.3 is 30.1 Å². The van der Waals surface area contributed by atoms with Crippen molar-refractivity contribution in [3.8, 4) is 0 Å². The van der Waals surface area contributed by atoms with Crippen LogP contribution < -0.4 is 30.1 Å². The Kier molecular flexibility index (Phi) is 13.8. The fraction of sp³-hybridized carbons (Fsp3) is 0.375. The van der Waals surface area contributed by atoms with Crippen LogP contribution in [0.1, 0.15) is 31.4 Å². The Balaban J connectivity index is 0. The van der Waals surface area contributed by atoms with E-state index >= 15 is 0 Å². The number of allylic oxidation sites excluding steroid dienone is 4. The second-order valence-corrected chi connectivity index (χ2v) is 5.24. The third-order valence-corrected chi connectivity index (χ3v) is 3.60. The van der Waals surface area contributed by atoms with E-state index in [4.69, 9.17) is 0 Å². The topological polar surface area (TPSA) is 12.0 Å². The fourth-order valence-electron chi connectivity index (χ4n) is 2.01. The number of anilines is 1. The number of halogens is 2. The molecule has 0 aromatic heterocycles. The predicted molar refractivity (Wildman–Crippen MR) is 76.6 cm³/mol. The van der Waals surface area contributed by atoms with E-state index in [0.29, 0.717) is 0 Å². The van der Waals surface area contributed by atoms with Gasteiger partial charge in [0.15, 0.2) is 0 Å². The second-order valence-electron chi connectivity index (χ2n) is 4.23. The molecule has 0 spiro atoms. The van der Waals surface area contributed by atoms with Crippen LogP contribution in [0, 0.1) is 0 Å². The van der Waals surface area contributed by atoms with Gasteiger partial charge in [0.25, 0.3) is 0 Å². The normalized spacial score (nSPS) is 11.6. The fourth-order valence-corrected chi connectivity index (χ4v) is 2.35. The molecule has 109 valence electrons. The average Bonchev–Trinajstić information content (AvgIpc) is 2.89. The monoisotopic (exact) mass is 346 g/mol. The maximum absolute atomic E-state index is 3.27. The predicted octanol–water partition coefficient (Wildman–Crippen LogP) is -1.76. The summed E-state index contributed by atoms with van der Waals surface area (Å²) < 4.78 is 1.47. The average molecular weight is 347 g/mol. The SMILES string of the molecule is CCc1cccc(CC)c1NC.[Cl-].[Cl-].[Ti+2][C]1=CC=CC1. The van der Waals surface area contributed by atoms with E-state index in [1.807, 2.05) is 7.05 Å². The second kappa shape index (κ2) is 12.5. The van der Waals surface area contributed by atoms with Crippen LogP contribution in [-0.4, -0.2) is 7.05 Å². The van der Waals surface area contributed by atoms with E-state index in [0.717, 1.165) is 12.8 Å². The van der Waals surface area contributed by atoms with E-state index < -0.39 is 0 Å². The number of nitrogens with one attached hydrogen (secondary N) is 1. The molecule has 1 aromatic rings. The molecule has 1 nitrogen and oxygen atoms in total. The molecule has 1 aliphatic rings. The van der Waals surface area contributed by atoms with E-state index in [9.17, 15) is 0 Å². The van der Waals surface area contributed by atoms with Crippen LogP contribution in [0.2, 0.25) is 0 Å². The van der Waals surface area contributed by atoms with Crippen LogP contribution in [0.5, 0.6) is 0 Å². The first kappa shape index (κ1) is 22.1. The molecule has 20 heavy (non-hydrogen) atoms. The summed E-state index contributed by atoms with van der Waals surface area (Å²) in [5.74, 6) is 0. The van der Waals surface area contributed by atoms with Crippen LogP contribution >= 0.6 is 0 Å². The van der Waals surface area contributed by atoms with E-state index in [-0.39, 0.29) is 24.8 Å². The quantitative estimate of drug-likeness (QED) is 0.639. The van der Waals surface area contributed by atoms with Gasteiger partial charge in [0.1, 0.15) is 0 Å². The minimum absolute atomic E-state index is 0. The van der Waals surface area contributed by atoms with E-state index in [2.05, 4.69) is 76.0 Å². The summed E-state index contributed by atoms with van der Waals surface area (Å²) >= 11 is 2.14.